The molecule has 10 heteroatoms. The fourth-order valence-electron chi connectivity index (χ4n) is 5.74. The summed E-state index contributed by atoms with van der Waals surface area (Å²) < 4.78 is 39.4. The minimum absolute atomic E-state index is 0.0270. The molecule has 2 aromatic heterocycles. The molecule has 3 aromatic rings. The van der Waals surface area contributed by atoms with Crippen molar-refractivity contribution in [1.29, 1.82) is 0 Å². The van der Waals surface area contributed by atoms with E-state index in [9.17, 15) is 18.0 Å². The third-order valence-corrected chi connectivity index (χ3v) is 7.94. The zero-order chi connectivity index (χ0) is 26.7. The van der Waals surface area contributed by atoms with Gasteiger partial charge in [-0.25, -0.2) is 9.97 Å². The van der Waals surface area contributed by atoms with E-state index in [2.05, 4.69) is 25.3 Å². The van der Waals surface area contributed by atoms with Crippen LogP contribution in [0.1, 0.15) is 66.0 Å². The highest BCUT2D eigenvalue weighted by atomic mass is 19.4. The number of rotatable bonds is 7. The summed E-state index contributed by atoms with van der Waals surface area (Å²) in [5.41, 5.74) is 3.46. The predicted molar refractivity (Wildman–Crippen MR) is 139 cm³/mol. The number of nitrogens with one attached hydrogen (secondary N) is 1. The highest BCUT2D eigenvalue weighted by Gasteiger charge is 2.28. The van der Waals surface area contributed by atoms with Crippen LogP contribution in [0.4, 0.5) is 13.2 Å². The highest BCUT2D eigenvalue weighted by molar-refractivity contribution is 6.06. The molecule has 0 atom stereocenters. The molecule has 0 spiro atoms. The molecule has 204 valence electrons. The molecular formula is C28H35F3N6O. The molecule has 1 saturated carbocycles. The maximum absolute atomic E-state index is 13.0. The second-order valence-electron chi connectivity index (χ2n) is 10.7. The number of nitrogens with zero attached hydrogens (tertiary/aromatic N) is 5. The second-order valence-corrected chi connectivity index (χ2v) is 10.7. The molecule has 3 heterocycles. The Hall–Kier alpha value is -3.01. The van der Waals surface area contributed by atoms with Gasteiger partial charge in [0.05, 0.1) is 17.5 Å². The van der Waals surface area contributed by atoms with Crippen LogP contribution in [-0.2, 0) is 26.3 Å². The van der Waals surface area contributed by atoms with Gasteiger partial charge in [-0.05, 0) is 68.7 Å². The Kier molecular flexibility index (Phi) is 7.97. The standard InChI is InChI=1S/C28H35F3N6O/c1-36-18-23-22(3-2-4-25(23)35-36)27(38)33-21-7-5-19(6-8-21)10-14-37-15-11-20-17-32-26(9-13-28(29,30)31)34-24(20)12-16-37/h2-4,17-19,21H,5-16H2,1H3,(H,33,38)/t19-,21-. The zero-order valence-corrected chi connectivity index (χ0v) is 21.8. The van der Waals surface area contributed by atoms with Crippen molar-refractivity contribution in [1.82, 2.24) is 30.0 Å². The number of alkyl halides is 3. The van der Waals surface area contributed by atoms with Crippen molar-refractivity contribution in [3.05, 3.63) is 53.2 Å². The monoisotopic (exact) mass is 528 g/mol. The topological polar surface area (TPSA) is 75.9 Å². The summed E-state index contributed by atoms with van der Waals surface area (Å²) in [6, 6.07) is 5.86. The van der Waals surface area contributed by atoms with Crippen LogP contribution in [0.5, 0.6) is 0 Å². The minimum atomic E-state index is -4.19. The van der Waals surface area contributed by atoms with Crippen LogP contribution in [0, 0.1) is 5.92 Å². The number of halogens is 3. The first-order valence-corrected chi connectivity index (χ1v) is 13.6. The van der Waals surface area contributed by atoms with Gasteiger partial charge < -0.3 is 10.2 Å². The fraction of sp³-hybridized carbons (Fsp3) is 0.571. The number of aryl methyl sites for hydroxylation is 2. The number of amides is 1. The number of carbonyl (C=O) groups is 1. The van der Waals surface area contributed by atoms with E-state index >= 15 is 0 Å². The van der Waals surface area contributed by atoms with Crippen molar-refractivity contribution >= 4 is 16.8 Å². The molecule has 38 heavy (non-hydrogen) atoms. The number of aromatic nitrogens is 4. The Labute approximate surface area is 220 Å². The van der Waals surface area contributed by atoms with Gasteiger partial charge in [-0.1, -0.05) is 6.07 Å². The van der Waals surface area contributed by atoms with Gasteiger partial charge in [0.25, 0.3) is 5.91 Å². The average molecular weight is 529 g/mol. The van der Waals surface area contributed by atoms with E-state index in [-0.39, 0.29) is 24.2 Å². The van der Waals surface area contributed by atoms with E-state index in [0.717, 1.165) is 86.7 Å². The summed E-state index contributed by atoms with van der Waals surface area (Å²) in [4.78, 5) is 24.0. The molecule has 1 aliphatic carbocycles. The highest BCUT2D eigenvalue weighted by Crippen LogP contribution is 2.28. The van der Waals surface area contributed by atoms with E-state index in [1.54, 1.807) is 10.9 Å². The molecule has 0 bridgehead atoms. The normalized spacial score (nSPS) is 20.7. The Morgan fingerprint density at radius 2 is 1.92 bits per heavy atom. The van der Waals surface area contributed by atoms with Crippen molar-refractivity contribution in [3.8, 4) is 0 Å². The van der Waals surface area contributed by atoms with Gasteiger partial charge in [-0.3, -0.25) is 9.48 Å². The molecule has 1 aromatic carbocycles. The van der Waals surface area contributed by atoms with Crippen LogP contribution >= 0.6 is 0 Å². The molecule has 1 amide bonds. The molecule has 0 radical (unpaired) electrons. The zero-order valence-electron chi connectivity index (χ0n) is 21.8. The molecule has 1 aliphatic heterocycles. The molecule has 1 fully saturated rings. The second kappa shape index (κ2) is 11.4. The van der Waals surface area contributed by atoms with Gasteiger partial charge in [0, 0.05) is 62.5 Å². The van der Waals surface area contributed by atoms with Crippen molar-refractivity contribution < 1.29 is 18.0 Å². The van der Waals surface area contributed by atoms with Gasteiger partial charge >= 0.3 is 6.18 Å². The first-order valence-electron chi connectivity index (χ1n) is 13.6. The number of hydrogen-bond donors (Lipinski definition) is 1. The first kappa shape index (κ1) is 26.6. The molecule has 0 unspecified atom stereocenters. The van der Waals surface area contributed by atoms with E-state index in [0.29, 0.717) is 11.5 Å². The van der Waals surface area contributed by atoms with Crippen molar-refractivity contribution in [2.45, 2.75) is 70.0 Å². The molecule has 1 N–H and O–H groups in total. The summed E-state index contributed by atoms with van der Waals surface area (Å²) in [5, 5.41) is 8.52. The van der Waals surface area contributed by atoms with Gasteiger partial charge in [-0.15, -0.1) is 0 Å². The van der Waals surface area contributed by atoms with Gasteiger partial charge in [-0.2, -0.15) is 18.3 Å². The first-order chi connectivity index (χ1) is 18.2. The lowest BCUT2D eigenvalue weighted by atomic mass is 9.84. The van der Waals surface area contributed by atoms with Crippen LogP contribution in [0.2, 0.25) is 0 Å². The van der Waals surface area contributed by atoms with Crippen molar-refractivity contribution in [2.24, 2.45) is 13.0 Å². The van der Waals surface area contributed by atoms with Gasteiger partial charge in [0.2, 0.25) is 0 Å². The van der Waals surface area contributed by atoms with Crippen LogP contribution in [0.3, 0.4) is 0 Å². The van der Waals surface area contributed by atoms with Crippen molar-refractivity contribution in [2.75, 3.05) is 19.6 Å². The van der Waals surface area contributed by atoms with Gasteiger partial charge in [0.1, 0.15) is 5.82 Å². The fourth-order valence-corrected chi connectivity index (χ4v) is 5.74. The molecule has 0 saturated heterocycles. The predicted octanol–water partition coefficient (Wildman–Crippen LogP) is 4.64. The van der Waals surface area contributed by atoms with E-state index in [1.165, 1.54) is 0 Å². The number of carbonyl (C=O) groups excluding carboxylic acids is 1. The number of fused-ring (bicyclic) bond motifs is 2. The molecule has 7 nitrogen and oxygen atoms in total. The Balaban J connectivity index is 1.06. The Morgan fingerprint density at radius 1 is 1.13 bits per heavy atom. The van der Waals surface area contributed by atoms with E-state index in [4.69, 9.17) is 0 Å². The summed E-state index contributed by atoms with van der Waals surface area (Å²) in [7, 11) is 1.86. The summed E-state index contributed by atoms with van der Waals surface area (Å²) in [6.07, 6.45) is 5.25. The van der Waals surface area contributed by atoms with E-state index < -0.39 is 12.6 Å². The number of benzene rings is 1. The largest absolute Gasteiger partial charge is 0.389 e. The van der Waals surface area contributed by atoms with Crippen LogP contribution < -0.4 is 5.32 Å². The lowest BCUT2D eigenvalue weighted by molar-refractivity contribution is -0.134. The van der Waals surface area contributed by atoms with E-state index in [1.807, 2.05) is 31.4 Å². The summed E-state index contributed by atoms with van der Waals surface area (Å²) in [6.45, 7) is 2.80. The van der Waals surface area contributed by atoms with Gasteiger partial charge in [0.15, 0.2) is 0 Å². The quantitative estimate of drug-likeness (QED) is 0.484. The summed E-state index contributed by atoms with van der Waals surface area (Å²) >= 11 is 0. The third-order valence-electron chi connectivity index (χ3n) is 7.94. The lowest BCUT2D eigenvalue weighted by Crippen LogP contribution is -2.38. The maximum atomic E-state index is 13.0. The lowest BCUT2D eigenvalue weighted by Gasteiger charge is -2.30. The maximum Gasteiger partial charge on any atom is 0.389 e. The minimum Gasteiger partial charge on any atom is -0.349 e. The molecule has 5 rings (SSSR count). The summed E-state index contributed by atoms with van der Waals surface area (Å²) in [5.74, 6) is 0.903. The van der Waals surface area contributed by atoms with Crippen LogP contribution in [0.15, 0.2) is 30.6 Å². The Morgan fingerprint density at radius 3 is 2.71 bits per heavy atom. The van der Waals surface area contributed by atoms with Crippen LogP contribution in [-0.4, -0.2) is 62.4 Å². The third kappa shape index (κ3) is 6.70. The Bertz CT molecular complexity index is 1270. The SMILES string of the molecule is Cn1cc2c(C(=O)N[C@H]3CC[C@H](CCN4CCc5cnc(CCC(F)(F)F)nc5CC4)CC3)cccc2n1. The van der Waals surface area contributed by atoms with Crippen LogP contribution in [0.25, 0.3) is 10.9 Å². The van der Waals surface area contributed by atoms with Crippen molar-refractivity contribution in [3.63, 3.8) is 0 Å². The number of hydrogen-bond acceptors (Lipinski definition) is 5. The molecular weight excluding hydrogens is 493 g/mol. The molecule has 2 aliphatic rings. The average Bonchev–Trinajstić information content (AvgIpc) is 3.16. The smallest absolute Gasteiger partial charge is 0.349 e.